The molecule has 0 aromatic carbocycles. The second-order valence-electron chi connectivity index (χ2n) is 13.2. The van der Waals surface area contributed by atoms with Crippen LogP contribution in [0.5, 0.6) is 0 Å². The van der Waals surface area contributed by atoms with Crippen molar-refractivity contribution in [3.8, 4) is 0 Å². The number of carbonyl (C=O) groups is 2. The number of aliphatic hydroxyl groups excluding tert-OH is 1. The summed E-state index contributed by atoms with van der Waals surface area (Å²) in [6.45, 7) is 20.7. The Bertz CT molecular complexity index is 1030. The van der Waals surface area contributed by atoms with Crippen LogP contribution in [0, 0.1) is 28.6 Å². The van der Waals surface area contributed by atoms with Crippen LogP contribution in [0.4, 0.5) is 0 Å². The average Bonchev–Trinajstić information content (AvgIpc) is 2.84. The van der Waals surface area contributed by atoms with Crippen LogP contribution < -0.4 is 0 Å². The summed E-state index contributed by atoms with van der Waals surface area (Å²) >= 11 is 0. The molecule has 2 aliphatic rings. The predicted molar refractivity (Wildman–Crippen MR) is 161 cm³/mol. The Kier molecular flexibility index (Phi) is 11.2. The average molecular weight is 523 g/mol. The van der Waals surface area contributed by atoms with Gasteiger partial charge in [0.25, 0.3) is 0 Å². The molecule has 0 heterocycles. The Morgan fingerprint density at radius 3 is 2.05 bits per heavy atom. The van der Waals surface area contributed by atoms with Crippen molar-refractivity contribution in [1.82, 2.24) is 0 Å². The molecular formula is C35H54O3. The Hall–Kier alpha value is -2.16. The number of rotatable bonds is 12. The smallest absolute Gasteiger partial charge is 0.176 e. The summed E-state index contributed by atoms with van der Waals surface area (Å²) in [5.41, 5.74) is 3.61. The lowest BCUT2D eigenvalue weighted by atomic mass is 9.44. The zero-order valence-corrected chi connectivity index (χ0v) is 26.0. The molecule has 0 saturated heterocycles. The molecule has 5 atom stereocenters. The number of hydrogen-bond donors (Lipinski definition) is 1. The second kappa shape index (κ2) is 13.3. The molecule has 3 heteroatoms. The van der Waals surface area contributed by atoms with E-state index in [0.717, 1.165) is 31.3 Å². The molecule has 0 aromatic rings. The van der Waals surface area contributed by atoms with Crippen molar-refractivity contribution in [2.45, 2.75) is 121 Å². The minimum absolute atomic E-state index is 0.0441. The van der Waals surface area contributed by atoms with Crippen LogP contribution in [0.3, 0.4) is 0 Å². The first-order chi connectivity index (χ1) is 17.7. The highest BCUT2D eigenvalue weighted by molar-refractivity contribution is 6.16. The molecule has 5 unspecified atom stereocenters. The van der Waals surface area contributed by atoms with Gasteiger partial charge >= 0.3 is 0 Å². The molecule has 2 bridgehead atoms. The first-order valence-corrected chi connectivity index (χ1v) is 14.8. The summed E-state index contributed by atoms with van der Waals surface area (Å²) in [6.07, 6.45) is 14.2. The zero-order chi connectivity index (χ0) is 28.8. The number of Topliss-reactive ketones (excluding diaryl/α,β-unsaturated/α-hetero) is 2. The van der Waals surface area contributed by atoms with Gasteiger partial charge in [-0.05, 0) is 119 Å². The van der Waals surface area contributed by atoms with E-state index < -0.39 is 10.8 Å². The van der Waals surface area contributed by atoms with E-state index >= 15 is 0 Å². The van der Waals surface area contributed by atoms with Gasteiger partial charge in [-0.2, -0.15) is 0 Å². The van der Waals surface area contributed by atoms with Gasteiger partial charge in [0.05, 0.1) is 5.41 Å². The molecule has 212 valence electrons. The lowest BCUT2D eigenvalue weighted by molar-refractivity contribution is -0.159. The van der Waals surface area contributed by atoms with Crippen LogP contribution in [-0.4, -0.2) is 16.7 Å². The molecule has 0 amide bonds. The van der Waals surface area contributed by atoms with Gasteiger partial charge in [0.15, 0.2) is 5.78 Å². The van der Waals surface area contributed by atoms with Crippen LogP contribution in [0.2, 0.25) is 0 Å². The maximum absolute atomic E-state index is 14.7. The Balaban J connectivity index is 2.91. The number of carbonyl (C=O) groups excluding carboxylic acids is 2. The van der Waals surface area contributed by atoms with Crippen molar-refractivity contribution in [2.24, 2.45) is 28.6 Å². The zero-order valence-electron chi connectivity index (χ0n) is 26.0. The van der Waals surface area contributed by atoms with Crippen LogP contribution in [0.1, 0.15) is 121 Å². The fourth-order valence-corrected chi connectivity index (χ4v) is 6.73. The third-order valence-corrected chi connectivity index (χ3v) is 8.91. The van der Waals surface area contributed by atoms with E-state index in [-0.39, 0.29) is 35.1 Å². The summed E-state index contributed by atoms with van der Waals surface area (Å²) in [7, 11) is 0. The van der Waals surface area contributed by atoms with E-state index in [9.17, 15) is 14.7 Å². The van der Waals surface area contributed by atoms with Crippen molar-refractivity contribution in [1.29, 1.82) is 0 Å². The van der Waals surface area contributed by atoms with Gasteiger partial charge in [-0.25, -0.2) is 0 Å². The Morgan fingerprint density at radius 2 is 1.53 bits per heavy atom. The van der Waals surface area contributed by atoms with Gasteiger partial charge in [0.2, 0.25) is 0 Å². The summed E-state index contributed by atoms with van der Waals surface area (Å²) in [5.74, 6) is 0.150. The molecule has 3 nitrogen and oxygen atoms in total. The van der Waals surface area contributed by atoms with Gasteiger partial charge in [0, 0.05) is 16.9 Å². The van der Waals surface area contributed by atoms with Crippen molar-refractivity contribution < 1.29 is 14.7 Å². The largest absolute Gasteiger partial charge is 0.511 e. The fourth-order valence-electron chi connectivity index (χ4n) is 6.73. The van der Waals surface area contributed by atoms with Crippen LogP contribution in [-0.2, 0) is 9.59 Å². The van der Waals surface area contributed by atoms with E-state index in [1.165, 1.54) is 16.7 Å². The van der Waals surface area contributed by atoms with Crippen molar-refractivity contribution in [3.63, 3.8) is 0 Å². The minimum Gasteiger partial charge on any atom is -0.511 e. The Morgan fingerprint density at radius 1 is 0.947 bits per heavy atom. The maximum atomic E-state index is 14.7. The summed E-state index contributed by atoms with van der Waals surface area (Å²) < 4.78 is 0. The van der Waals surface area contributed by atoms with E-state index in [2.05, 4.69) is 59.8 Å². The van der Waals surface area contributed by atoms with Crippen molar-refractivity contribution in [2.75, 3.05) is 0 Å². The van der Waals surface area contributed by atoms with Gasteiger partial charge in [-0.15, -0.1) is 0 Å². The summed E-state index contributed by atoms with van der Waals surface area (Å²) in [4.78, 5) is 29.2. The van der Waals surface area contributed by atoms with Gasteiger partial charge in [-0.1, -0.05) is 60.4 Å². The minimum atomic E-state index is -1.09. The topological polar surface area (TPSA) is 54.4 Å². The molecule has 0 spiro atoms. The monoisotopic (exact) mass is 522 g/mol. The quantitative estimate of drug-likeness (QED) is 0.205. The van der Waals surface area contributed by atoms with Gasteiger partial charge < -0.3 is 5.11 Å². The van der Waals surface area contributed by atoms with E-state index in [4.69, 9.17) is 0 Å². The number of allylic oxidation sites excluding steroid dienone is 10. The van der Waals surface area contributed by atoms with Crippen LogP contribution >= 0.6 is 0 Å². The highest BCUT2D eigenvalue weighted by Gasteiger charge is 2.65. The van der Waals surface area contributed by atoms with Crippen LogP contribution in [0.15, 0.2) is 57.9 Å². The molecule has 0 aromatic heterocycles. The van der Waals surface area contributed by atoms with Gasteiger partial charge in [0.1, 0.15) is 11.5 Å². The SMILES string of the molecule is CCC(C)C(=O)C12CC(CC=C(C)C)(CC(CC=C(C)C)C1CCC=C(C)C)C(O)=C(CC=C(C)C)C2=O. The molecule has 0 radical (unpaired) electrons. The fraction of sp³-hybridized carbons (Fsp3) is 0.657. The summed E-state index contributed by atoms with van der Waals surface area (Å²) in [5, 5.41) is 11.9. The molecular weight excluding hydrogens is 468 g/mol. The lowest BCUT2D eigenvalue weighted by Crippen LogP contribution is -2.60. The van der Waals surface area contributed by atoms with Gasteiger partial charge in [-0.3, -0.25) is 9.59 Å². The van der Waals surface area contributed by atoms with E-state index in [1.807, 2.05) is 33.8 Å². The normalized spacial score (nSPS) is 27.4. The third-order valence-electron chi connectivity index (χ3n) is 8.91. The highest BCUT2D eigenvalue weighted by atomic mass is 16.3. The lowest BCUT2D eigenvalue weighted by Gasteiger charge is -2.57. The number of fused-ring (bicyclic) bond motifs is 2. The highest BCUT2D eigenvalue weighted by Crippen LogP contribution is 2.64. The van der Waals surface area contributed by atoms with Crippen molar-refractivity contribution >= 4 is 11.6 Å². The first kappa shape index (κ1) is 32.1. The Labute approximate surface area is 233 Å². The molecule has 38 heavy (non-hydrogen) atoms. The van der Waals surface area contributed by atoms with Crippen molar-refractivity contribution in [3.05, 3.63) is 57.9 Å². The third kappa shape index (κ3) is 6.88. The van der Waals surface area contributed by atoms with E-state index in [0.29, 0.717) is 31.3 Å². The molecule has 2 aliphatic carbocycles. The summed E-state index contributed by atoms with van der Waals surface area (Å²) in [6, 6.07) is 0. The molecule has 0 aliphatic heterocycles. The first-order valence-electron chi connectivity index (χ1n) is 14.8. The number of hydrogen-bond acceptors (Lipinski definition) is 3. The molecule has 2 rings (SSSR count). The second-order valence-corrected chi connectivity index (χ2v) is 13.2. The number of aliphatic hydroxyl groups is 1. The standard InChI is InChI=1S/C35H54O3/c1-11-27(10)31(36)35-22-34(20-19-26(8)9,32(37)29(33(35)38)18-16-25(6)7)21-28(17-15-24(4)5)30(35)14-12-13-23(2)3/h13,15-16,19,27-28,30,37H,11-12,14,17-18,20-22H2,1-10H3. The predicted octanol–water partition coefficient (Wildman–Crippen LogP) is 9.81. The molecule has 1 fully saturated rings. The number of ketones is 2. The van der Waals surface area contributed by atoms with E-state index in [1.54, 1.807) is 0 Å². The molecule has 1 N–H and O–H groups in total. The maximum Gasteiger partial charge on any atom is 0.176 e. The van der Waals surface area contributed by atoms with Crippen LogP contribution in [0.25, 0.3) is 0 Å². The molecule has 1 saturated carbocycles.